The van der Waals surface area contributed by atoms with E-state index in [0.29, 0.717) is 5.41 Å². The van der Waals surface area contributed by atoms with Crippen molar-refractivity contribution in [3.05, 3.63) is 11.6 Å². The molecule has 0 amide bonds. The molecule has 76 valence electrons. The molecule has 0 aromatic heterocycles. The Kier molecular flexibility index (Phi) is 4.31. The Balaban J connectivity index is 2.56. The molecule has 0 N–H and O–H groups in total. The van der Waals surface area contributed by atoms with Gasteiger partial charge in [-0.3, -0.25) is 0 Å². The standard InChI is InChI=1S/C12H21Cl/c1-3-4-8-12(11(2)13)9-6-5-7-10-12/h2-10H2,1H3. The summed E-state index contributed by atoms with van der Waals surface area (Å²) in [5.41, 5.74) is 0.301. The summed E-state index contributed by atoms with van der Waals surface area (Å²) in [7, 11) is 0. The molecular weight excluding hydrogens is 180 g/mol. The maximum absolute atomic E-state index is 6.15. The summed E-state index contributed by atoms with van der Waals surface area (Å²) in [5, 5.41) is 0.917. The molecule has 1 aliphatic rings. The normalized spacial score (nSPS) is 21.4. The topological polar surface area (TPSA) is 0 Å². The Morgan fingerprint density at radius 2 is 1.92 bits per heavy atom. The lowest BCUT2D eigenvalue weighted by atomic mass is 9.71. The van der Waals surface area contributed by atoms with Gasteiger partial charge in [0, 0.05) is 10.4 Å². The van der Waals surface area contributed by atoms with Crippen molar-refractivity contribution in [3.63, 3.8) is 0 Å². The highest BCUT2D eigenvalue weighted by molar-refractivity contribution is 6.29. The largest absolute Gasteiger partial charge is 0.0892 e. The van der Waals surface area contributed by atoms with Crippen molar-refractivity contribution < 1.29 is 0 Å². The van der Waals surface area contributed by atoms with Gasteiger partial charge in [-0.15, -0.1) is 0 Å². The van der Waals surface area contributed by atoms with E-state index in [4.69, 9.17) is 11.6 Å². The van der Waals surface area contributed by atoms with Crippen LogP contribution in [0.25, 0.3) is 0 Å². The highest BCUT2D eigenvalue weighted by Gasteiger charge is 2.33. The molecule has 0 unspecified atom stereocenters. The molecule has 1 aliphatic carbocycles. The van der Waals surface area contributed by atoms with Crippen molar-refractivity contribution in [1.29, 1.82) is 0 Å². The lowest BCUT2D eigenvalue weighted by molar-refractivity contribution is 0.227. The molecule has 0 atom stereocenters. The van der Waals surface area contributed by atoms with Crippen molar-refractivity contribution in [1.82, 2.24) is 0 Å². The van der Waals surface area contributed by atoms with Gasteiger partial charge in [-0.05, 0) is 19.3 Å². The first-order valence-electron chi connectivity index (χ1n) is 5.56. The molecule has 0 radical (unpaired) electrons. The fourth-order valence-corrected chi connectivity index (χ4v) is 2.68. The van der Waals surface area contributed by atoms with Gasteiger partial charge < -0.3 is 0 Å². The van der Waals surface area contributed by atoms with Gasteiger partial charge in [0.05, 0.1) is 0 Å². The zero-order valence-electron chi connectivity index (χ0n) is 8.74. The van der Waals surface area contributed by atoms with Crippen LogP contribution in [0.3, 0.4) is 0 Å². The van der Waals surface area contributed by atoms with Crippen LogP contribution in [0, 0.1) is 5.41 Å². The van der Waals surface area contributed by atoms with E-state index in [1.165, 1.54) is 51.4 Å². The van der Waals surface area contributed by atoms with E-state index in [0.717, 1.165) is 5.03 Å². The molecule has 0 saturated heterocycles. The van der Waals surface area contributed by atoms with Crippen LogP contribution in [0.4, 0.5) is 0 Å². The summed E-state index contributed by atoms with van der Waals surface area (Å²) in [4.78, 5) is 0. The van der Waals surface area contributed by atoms with E-state index < -0.39 is 0 Å². The van der Waals surface area contributed by atoms with Crippen LogP contribution < -0.4 is 0 Å². The van der Waals surface area contributed by atoms with E-state index in [1.54, 1.807) is 0 Å². The van der Waals surface area contributed by atoms with Gasteiger partial charge in [0.1, 0.15) is 0 Å². The molecule has 0 nitrogen and oxygen atoms in total. The minimum Gasteiger partial charge on any atom is -0.0892 e. The Bertz CT molecular complexity index is 166. The van der Waals surface area contributed by atoms with Crippen LogP contribution in [-0.4, -0.2) is 0 Å². The minimum absolute atomic E-state index is 0.301. The van der Waals surface area contributed by atoms with E-state index in [9.17, 15) is 0 Å². The molecule has 1 saturated carbocycles. The highest BCUT2D eigenvalue weighted by Crippen LogP contribution is 2.47. The molecule has 0 aromatic carbocycles. The Morgan fingerprint density at radius 1 is 1.31 bits per heavy atom. The third-order valence-corrected chi connectivity index (χ3v) is 3.80. The van der Waals surface area contributed by atoms with Gasteiger partial charge in [0.25, 0.3) is 0 Å². The van der Waals surface area contributed by atoms with E-state index in [2.05, 4.69) is 13.5 Å². The van der Waals surface area contributed by atoms with Crippen LogP contribution in [0.15, 0.2) is 11.6 Å². The monoisotopic (exact) mass is 200 g/mol. The summed E-state index contributed by atoms with van der Waals surface area (Å²) >= 11 is 6.15. The Morgan fingerprint density at radius 3 is 2.38 bits per heavy atom. The van der Waals surface area contributed by atoms with Crippen molar-refractivity contribution in [2.45, 2.75) is 58.3 Å². The maximum Gasteiger partial charge on any atom is 0.0171 e. The van der Waals surface area contributed by atoms with Crippen LogP contribution in [0.2, 0.25) is 0 Å². The number of allylic oxidation sites excluding steroid dienone is 1. The number of rotatable bonds is 4. The van der Waals surface area contributed by atoms with Crippen LogP contribution in [0.1, 0.15) is 58.3 Å². The van der Waals surface area contributed by atoms with E-state index in [-0.39, 0.29) is 0 Å². The van der Waals surface area contributed by atoms with Crippen LogP contribution in [0.5, 0.6) is 0 Å². The third kappa shape index (κ3) is 2.74. The average molecular weight is 201 g/mol. The Hall–Kier alpha value is 0.0300. The molecule has 0 aromatic rings. The molecule has 0 aliphatic heterocycles. The van der Waals surface area contributed by atoms with Crippen molar-refractivity contribution in [2.24, 2.45) is 5.41 Å². The lowest BCUT2D eigenvalue weighted by Gasteiger charge is -2.36. The van der Waals surface area contributed by atoms with Gasteiger partial charge in [-0.2, -0.15) is 0 Å². The SMILES string of the molecule is C=C(Cl)C1(CCCC)CCCCC1. The fourth-order valence-electron chi connectivity index (χ4n) is 2.40. The number of hydrogen-bond acceptors (Lipinski definition) is 0. The molecule has 0 heterocycles. The van der Waals surface area contributed by atoms with E-state index >= 15 is 0 Å². The quantitative estimate of drug-likeness (QED) is 0.607. The fraction of sp³-hybridized carbons (Fsp3) is 0.833. The minimum atomic E-state index is 0.301. The molecule has 0 bridgehead atoms. The number of halogens is 1. The average Bonchev–Trinajstić information content (AvgIpc) is 2.16. The first kappa shape index (κ1) is 11.1. The predicted octanol–water partition coefficient (Wildman–Crippen LogP) is 4.88. The molecule has 1 fully saturated rings. The smallest absolute Gasteiger partial charge is 0.0171 e. The summed E-state index contributed by atoms with van der Waals surface area (Å²) in [5.74, 6) is 0. The van der Waals surface area contributed by atoms with Gasteiger partial charge in [-0.25, -0.2) is 0 Å². The second-order valence-corrected chi connectivity index (χ2v) is 4.81. The second-order valence-electron chi connectivity index (χ2n) is 4.35. The maximum atomic E-state index is 6.15. The van der Waals surface area contributed by atoms with Gasteiger partial charge >= 0.3 is 0 Å². The van der Waals surface area contributed by atoms with E-state index in [1.807, 2.05) is 0 Å². The second kappa shape index (κ2) is 5.05. The third-order valence-electron chi connectivity index (χ3n) is 3.39. The first-order chi connectivity index (χ1) is 6.21. The number of hydrogen-bond donors (Lipinski definition) is 0. The highest BCUT2D eigenvalue weighted by atomic mass is 35.5. The molecule has 1 heteroatoms. The Labute approximate surface area is 87.4 Å². The van der Waals surface area contributed by atoms with Crippen molar-refractivity contribution in [3.8, 4) is 0 Å². The van der Waals surface area contributed by atoms with Crippen molar-refractivity contribution in [2.75, 3.05) is 0 Å². The zero-order valence-corrected chi connectivity index (χ0v) is 9.50. The first-order valence-corrected chi connectivity index (χ1v) is 5.94. The van der Waals surface area contributed by atoms with Gasteiger partial charge in [0.15, 0.2) is 0 Å². The predicted molar refractivity (Wildman–Crippen MR) is 60.0 cm³/mol. The van der Waals surface area contributed by atoms with Gasteiger partial charge in [0.2, 0.25) is 0 Å². The summed E-state index contributed by atoms with van der Waals surface area (Å²) < 4.78 is 0. The zero-order chi connectivity index (χ0) is 9.73. The molecule has 1 rings (SSSR count). The van der Waals surface area contributed by atoms with Gasteiger partial charge in [-0.1, -0.05) is 57.2 Å². The lowest BCUT2D eigenvalue weighted by Crippen LogP contribution is -2.24. The van der Waals surface area contributed by atoms with Crippen LogP contribution in [-0.2, 0) is 0 Å². The molecule has 13 heavy (non-hydrogen) atoms. The van der Waals surface area contributed by atoms with Crippen LogP contribution >= 0.6 is 11.6 Å². The number of unbranched alkanes of at least 4 members (excludes halogenated alkanes) is 1. The van der Waals surface area contributed by atoms with Crippen molar-refractivity contribution >= 4 is 11.6 Å². The molecular formula is C12H21Cl. The summed E-state index contributed by atoms with van der Waals surface area (Å²) in [6, 6.07) is 0. The summed E-state index contributed by atoms with van der Waals surface area (Å²) in [6.45, 7) is 6.21. The molecule has 0 spiro atoms. The summed E-state index contributed by atoms with van der Waals surface area (Å²) in [6.07, 6.45) is 10.4.